The second kappa shape index (κ2) is 11.3. The minimum Gasteiger partial charge on any atom is -0.353 e. The Labute approximate surface area is 170 Å². The Morgan fingerprint density at radius 1 is 0.786 bits per heavy atom. The van der Waals surface area contributed by atoms with Gasteiger partial charge in [0.1, 0.15) is 5.82 Å². The first-order valence-electron chi connectivity index (χ1n) is 10.5. The second-order valence-electron chi connectivity index (χ2n) is 7.66. The molecule has 2 aromatic rings. The van der Waals surface area contributed by atoms with Gasteiger partial charge in [0.15, 0.2) is 5.79 Å². The Balaban J connectivity index is 2.12. The smallest absolute Gasteiger partial charge is 0.171 e. The third-order valence-corrected chi connectivity index (χ3v) is 5.78. The number of unbranched alkanes of at least 4 members (excludes halogenated alkanes) is 5. The van der Waals surface area contributed by atoms with Crippen LogP contribution >= 0.6 is 0 Å². The summed E-state index contributed by atoms with van der Waals surface area (Å²) in [6.07, 6.45) is 8.64. The molecular formula is C25H35FO2. The molecule has 0 saturated heterocycles. The van der Waals surface area contributed by atoms with E-state index in [1.807, 2.05) is 19.1 Å². The lowest BCUT2D eigenvalue weighted by Crippen LogP contribution is -2.37. The fourth-order valence-corrected chi connectivity index (χ4v) is 3.78. The number of hydrogen-bond donors (Lipinski definition) is 0. The predicted octanol–water partition coefficient (Wildman–Crippen LogP) is 7.34. The maximum Gasteiger partial charge on any atom is 0.171 e. The fraction of sp³-hybridized carbons (Fsp3) is 0.520. The van der Waals surface area contributed by atoms with E-state index in [4.69, 9.17) is 9.47 Å². The molecule has 1 atom stereocenters. The first kappa shape index (κ1) is 22.6. The molecule has 3 heteroatoms. The molecule has 2 aromatic carbocycles. The SMILES string of the molecule is CCCCCCCCC(c1ccc(-c2ccc(F)cc2)cc1)C(C)(OC)OC. The Kier molecular flexibility index (Phi) is 9.14. The Morgan fingerprint density at radius 3 is 1.82 bits per heavy atom. The van der Waals surface area contributed by atoms with E-state index in [0.717, 1.165) is 24.0 Å². The normalized spacial score (nSPS) is 12.9. The van der Waals surface area contributed by atoms with Gasteiger partial charge in [-0.05, 0) is 42.2 Å². The van der Waals surface area contributed by atoms with Crippen molar-refractivity contribution in [2.45, 2.75) is 70.5 Å². The van der Waals surface area contributed by atoms with Crippen LogP contribution in [0.25, 0.3) is 11.1 Å². The molecule has 0 aliphatic carbocycles. The molecule has 0 bridgehead atoms. The molecule has 1 unspecified atom stereocenters. The molecular weight excluding hydrogens is 351 g/mol. The zero-order valence-corrected chi connectivity index (χ0v) is 17.8. The standard InChI is InChI=1S/C25H35FO2/c1-5-6-7-8-9-10-11-24(25(2,27-3)28-4)22-14-12-20(13-15-22)21-16-18-23(26)19-17-21/h12-19,24H,5-11H2,1-4H3. The molecule has 0 heterocycles. The van der Waals surface area contributed by atoms with E-state index in [0.29, 0.717) is 0 Å². The summed E-state index contributed by atoms with van der Waals surface area (Å²) in [5.74, 6) is -0.702. The lowest BCUT2D eigenvalue weighted by atomic mass is 9.85. The van der Waals surface area contributed by atoms with E-state index in [1.165, 1.54) is 49.8 Å². The molecule has 0 aliphatic heterocycles. The van der Waals surface area contributed by atoms with Gasteiger partial charge in [-0.25, -0.2) is 4.39 Å². The largest absolute Gasteiger partial charge is 0.353 e. The number of benzene rings is 2. The van der Waals surface area contributed by atoms with Crippen molar-refractivity contribution in [3.8, 4) is 11.1 Å². The van der Waals surface area contributed by atoms with E-state index in [9.17, 15) is 4.39 Å². The summed E-state index contributed by atoms with van der Waals surface area (Å²) in [6.45, 7) is 4.26. The van der Waals surface area contributed by atoms with Gasteiger partial charge in [0.25, 0.3) is 0 Å². The first-order chi connectivity index (χ1) is 13.5. The fourth-order valence-electron chi connectivity index (χ4n) is 3.78. The van der Waals surface area contributed by atoms with Crippen LogP contribution in [0.5, 0.6) is 0 Å². The second-order valence-corrected chi connectivity index (χ2v) is 7.66. The summed E-state index contributed by atoms with van der Waals surface area (Å²) in [7, 11) is 3.43. The van der Waals surface area contributed by atoms with Crippen molar-refractivity contribution >= 4 is 0 Å². The molecule has 0 saturated carbocycles. The molecule has 0 amide bonds. The summed E-state index contributed by atoms with van der Waals surface area (Å²) in [5.41, 5.74) is 3.31. The van der Waals surface area contributed by atoms with Crippen LogP contribution in [0.4, 0.5) is 4.39 Å². The predicted molar refractivity (Wildman–Crippen MR) is 115 cm³/mol. The average molecular weight is 387 g/mol. The Morgan fingerprint density at radius 2 is 1.29 bits per heavy atom. The number of halogens is 1. The maximum atomic E-state index is 13.2. The third kappa shape index (κ3) is 6.15. The third-order valence-electron chi connectivity index (χ3n) is 5.78. The lowest BCUT2D eigenvalue weighted by Gasteiger charge is -2.35. The molecule has 28 heavy (non-hydrogen) atoms. The summed E-state index contributed by atoms with van der Waals surface area (Å²) in [5, 5.41) is 0. The summed E-state index contributed by atoms with van der Waals surface area (Å²) < 4.78 is 24.7. The van der Waals surface area contributed by atoms with Crippen LogP contribution in [0.15, 0.2) is 48.5 Å². The van der Waals surface area contributed by atoms with E-state index >= 15 is 0 Å². The highest BCUT2D eigenvalue weighted by atomic mass is 19.1. The highest BCUT2D eigenvalue weighted by Gasteiger charge is 2.35. The molecule has 2 rings (SSSR count). The number of rotatable bonds is 12. The summed E-state index contributed by atoms with van der Waals surface area (Å²) in [6, 6.07) is 15.1. The summed E-state index contributed by atoms with van der Waals surface area (Å²) in [4.78, 5) is 0. The highest BCUT2D eigenvalue weighted by molar-refractivity contribution is 5.63. The quantitative estimate of drug-likeness (QED) is 0.281. The van der Waals surface area contributed by atoms with Crippen molar-refractivity contribution in [3.05, 3.63) is 59.9 Å². The van der Waals surface area contributed by atoms with Crippen LogP contribution < -0.4 is 0 Å². The minimum atomic E-state index is -0.652. The zero-order valence-electron chi connectivity index (χ0n) is 17.8. The van der Waals surface area contributed by atoms with Crippen molar-refractivity contribution in [1.82, 2.24) is 0 Å². The van der Waals surface area contributed by atoms with Crippen LogP contribution in [0.1, 0.15) is 70.3 Å². The van der Waals surface area contributed by atoms with Gasteiger partial charge in [-0.1, -0.05) is 81.8 Å². The van der Waals surface area contributed by atoms with Crippen molar-refractivity contribution in [2.24, 2.45) is 0 Å². The van der Waals surface area contributed by atoms with Crippen molar-refractivity contribution in [3.63, 3.8) is 0 Å². The monoisotopic (exact) mass is 386 g/mol. The molecule has 2 nitrogen and oxygen atoms in total. The van der Waals surface area contributed by atoms with Gasteiger partial charge in [0.2, 0.25) is 0 Å². The van der Waals surface area contributed by atoms with Gasteiger partial charge in [0.05, 0.1) is 0 Å². The highest BCUT2D eigenvalue weighted by Crippen LogP contribution is 2.37. The molecule has 0 aromatic heterocycles. The van der Waals surface area contributed by atoms with E-state index in [2.05, 4.69) is 31.2 Å². The van der Waals surface area contributed by atoms with Crippen molar-refractivity contribution in [2.75, 3.05) is 14.2 Å². The number of methoxy groups -OCH3 is 2. The van der Waals surface area contributed by atoms with Crippen molar-refractivity contribution < 1.29 is 13.9 Å². The molecule has 0 fully saturated rings. The van der Waals surface area contributed by atoms with Crippen LogP contribution in [0.3, 0.4) is 0 Å². The maximum absolute atomic E-state index is 13.2. The van der Waals surface area contributed by atoms with Crippen LogP contribution in [0, 0.1) is 5.82 Å². The summed E-state index contributed by atoms with van der Waals surface area (Å²) >= 11 is 0. The zero-order chi connectivity index (χ0) is 20.4. The first-order valence-corrected chi connectivity index (χ1v) is 10.5. The number of ether oxygens (including phenoxy) is 2. The van der Waals surface area contributed by atoms with Crippen molar-refractivity contribution in [1.29, 1.82) is 0 Å². The topological polar surface area (TPSA) is 18.5 Å². The van der Waals surface area contributed by atoms with Gasteiger partial charge < -0.3 is 9.47 Å². The van der Waals surface area contributed by atoms with Gasteiger partial charge in [0, 0.05) is 20.1 Å². The van der Waals surface area contributed by atoms with Gasteiger partial charge in [-0.2, -0.15) is 0 Å². The Bertz CT molecular complexity index is 675. The van der Waals surface area contributed by atoms with E-state index < -0.39 is 5.79 Å². The van der Waals surface area contributed by atoms with Gasteiger partial charge in [-0.3, -0.25) is 0 Å². The van der Waals surface area contributed by atoms with Crippen LogP contribution in [0.2, 0.25) is 0 Å². The Hall–Kier alpha value is -1.71. The van der Waals surface area contributed by atoms with Gasteiger partial charge in [-0.15, -0.1) is 0 Å². The number of hydrogen-bond acceptors (Lipinski definition) is 2. The average Bonchev–Trinajstić information content (AvgIpc) is 2.73. The van der Waals surface area contributed by atoms with Gasteiger partial charge >= 0.3 is 0 Å². The lowest BCUT2D eigenvalue weighted by molar-refractivity contribution is -0.210. The van der Waals surface area contributed by atoms with Crippen LogP contribution in [-0.4, -0.2) is 20.0 Å². The molecule has 0 aliphatic rings. The minimum absolute atomic E-state index is 0.163. The molecule has 0 spiro atoms. The molecule has 0 N–H and O–H groups in total. The van der Waals surface area contributed by atoms with E-state index in [1.54, 1.807) is 14.2 Å². The molecule has 0 radical (unpaired) electrons. The van der Waals surface area contributed by atoms with Crippen LogP contribution in [-0.2, 0) is 9.47 Å². The molecule has 154 valence electrons. The van der Waals surface area contributed by atoms with E-state index in [-0.39, 0.29) is 11.7 Å².